The molecule has 0 aromatic heterocycles. The lowest BCUT2D eigenvalue weighted by molar-refractivity contribution is -0.140. The molecule has 5 heteroatoms. The molecule has 0 heterocycles. The highest BCUT2D eigenvalue weighted by molar-refractivity contribution is 7.80. The van der Waals surface area contributed by atoms with Crippen molar-refractivity contribution in [2.24, 2.45) is 0 Å². The molecule has 0 amide bonds. The number of hydrogen-bond donors (Lipinski definition) is 3. The van der Waals surface area contributed by atoms with Crippen LogP contribution in [-0.2, 0) is 4.79 Å². The third kappa shape index (κ3) is 2.81. The molecule has 0 saturated carbocycles. The van der Waals surface area contributed by atoms with Gasteiger partial charge in [-0.1, -0.05) is 19.7 Å². The first-order chi connectivity index (χ1) is 4.63. The van der Waals surface area contributed by atoms with Gasteiger partial charge in [0, 0.05) is 12.3 Å². The minimum absolute atomic E-state index is 0.284. The molecule has 0 fully saturated rings. The third-order valence-corrected chi connectivity index (χ3v) is 2.05. The second kappa shape index (κ2) is 4.87. The van der Waals surface area contributed by atoms with Gasteiger partial charge in [-0.15, -0.1) is 0 Å². The summed E-state index contributed by atoms with van der Waals surface area (Å²) in [5, 5.41) is 8.54. The molecule has 60 valence electrons. The smallest absolute Gasteiger partial charge is 0.322 e. The molecule has 3 nitrogen and oxygen atoms in total. The van der Waals surface area contributed by atoms with E-state index in [1.165, 1.54) is 4.31 Å². The molecule has 0 aromatic rings. The van der Waals surface area contributed by atoms with Crippen LogP contribution in [0.3, 0.4) is 0 Å². The van der Waals surface area contributed by atoms with Crippen molar-refractivity contribution in [3.05, 3.63) is 0 Å². The van der Waals surface area contributed by atoms with Crippen LogP contribution in [0.25, 0.3) is 0 Å². The van der Waals surface area contributed by atoms with E-state index in [0.717, 1.165) is 0 Å². The second-order valence-electron chi connectivity index (χ2n) is 1.79. The lowest BCUT2D eigenvalue weighted by atomic mass is 10.3. The number of aliphatic carboxylic acids is 1. The van der Waals surface area contributed by atoms with Gasteiger partial charge in [0.15, 0.2) is 0 Å². The molecule has 0 aliphatic carbocycles. The van der Waals surface area contributed by atoms with Crippen LogP contribution in [-0.4, -0.2) is 33.7 Å². The van der Waals surface area contributed by atoms with Gasteiger partial charge >= 0.3 is 5.97 Å². The molecule has 1 atom stereocenters. The molecule has 0 saturated heterocycles. The molecule has 0 aromatic carbocycles. The van der Waals surface area contributed by atoms with Gasteiger partial charge in [-0.2, -0.15) is 12.6 Å². The highest BCUT2D eigenvalue weighted by atomic mass is 32.1. The Bertz CT molecular complexity index is 120. The SMILES string of the molecule is CCN(S)[C@H](CS)C(=O)O. The number of rotatable bonds is 4. The number of carboxylic acids is 1. The van der Waals surface area contributed by atoms with E-state index in [4.69, 9.17) is 5.11 Å². The zero-order valence-electron chi connectivity index (χ0n) is 5.69. The number of hydrogen-bond acceptors (Lipinski definition) is 4. The lowest BCUT2D eigenvalue weighted by Crippen LogP contribution is -2.36. The van der Waals surface area contributed by atoms with Gasteiger partial charge in [0.1, 0.15) is 6.04 Å². The first-order valence-corrected chi connectivity index (χ1v) is 3.95. The summed E-state index contributed by atoms with van der Waals surface area (Å²) in [7, 11) is 0. The minimum Gasteiger partial charge on any atom is -0.480 e. The second-order valence-corrected chi connectivity index (χ2v) is 2.67. The van der Waals surface area contributed by atoms with Gasteiger partial charge in [0.25, 0.3) is 0 Å². The number of nitrogens with zero attached hydrogens (tertiary/aromatic N) is 1. The van der Waals surface area contributed by atoms with E-state index in [2.05, 4.69) is 25.4 Å². The van der Waals surface area contributed by atoms with Crippen LogP contribution in [0.4, 0.5) is 0 Å². The molecule has 0 bridgehead atoms. The molecule has 0 unspecified atom stereocenters. The van der Waals surface area contributed by atoms with Crippen molar-refractivity contribution >= 4 is 31.4 Å². The monoisotopic (exact) mass is 181 g/mol. The summed E-state index contributed by atoms with van der Waals surface area (Å²) in [5.74, 6) is -0.598. The topological polar surface area (TPSA) is 40.5 Å². The summed E-state index contributed by atoms with van der Waals surface area (Å²) in [6.07, 6.45) is 0. The summed E-state index contributed by atoms with van der Waals surface area (Å²) >= 11 is 7.82. The predicted molar refractivity (Wildman–Crippen MR) is 46.6 cm³/mol. The van der Waals surface area contributed by atoms with E-state index in [1.54, 1.807) is 0 Å². The lowest BCUT2D eigenvalue weighted by Gasteiger charge is -2.18. The van der Waals surface area contributed by atoms with Gasteiger partial charge in [0.2, 0.25) is 0 Å². The minimum atomic E-state index is -0.883. The Balaban J connectivity index is 3.92. The largest absolute Gasteiger partial charge is 0.480 e. The number of thiol groups is 2. The van der Waals surface area contributed by atoms with Crippen molar-refractivity contribution in [1.29, 1.82) is 0 Å². The maximum atomic E-state index is 10.4. The van der Waals surface area contributed by atoms with Gasteiger partial charge in [0.05, 0.1) is 0 Å². The molecule has 0 aliphatic rings. The Hall–Kier alpha value is 0.130. The number of carboxylic acid groups (broad SMARTS) is 1. The first kappa shape index (κ1) is 10.1. The quantitative estimate of drug-likeness (QED) is 0.554. The van der Waals surface area contributed by atoms with E-state index in [0.29, 0.717) is 6.54 Å². The van der Waals surface area contributed by atoms with E-state index in [9.17, 15) is 4.79 Å². The molecule has 0 radical (unpaired) electrons. The molecule has 0 spiro atoms. The number of likely N-dealkylation sites (N-methyl/N-ethyl adjacent to an activating group) is 1. The summed E-state index contributed by atoms with van der Waals surface area (Å²) < 4.78 is 1.44. The van der Waals surface area contributed by atoms with Crippen LogP contribution in [0, 0.1) is 0 Å². The maximum absolute atomic E-state index is 10.4. The molecule has 0 aliphatic heterocycles. The highest BCUT2D eigenvalue weighted by Crippen LogP contribution is 2.03. The Morgan fingerprint density at radius 3 is 2.40 bits per heavy atom. The van der Waals surface area contributed by atoms with E-state index < -0.39 is 12.0 Å². The van der Waals surface area contributed by atoms with Crippen LogP contribution in [0.5, 0.6) is 0 Å². The van der Waals surface area contributed by atoms with Crippen LogP contribution < -0.4 is 0 Å². The highest BCUT2D eigenvalue weighted by Gasteiger charge is 2.19. The molecule has 1 N–H and O–H groups in total. The van der Waals surface area contributed by atoms with Crippen LogP contribution >= 0.6 is 25.4 Å². The van der Waals surface area contributed by atoms with Crippen molar-refractivity contribution in [2.75, 3.05) is 12.3 Å². The van der Waals surface area contributed by atoms with E-state index in [-0.39, 0.29) is 5.75 Å². The van der Waals surface area contributed by atoms with Crippen LogP contribution in [0.15, 0.2) is 0 Å². The summed E-state index contributed by atoms with van der Waals surface area (Å²) in [4.78, 5) is 10.4. The average Bonchev–Trinajstić information content (AvgIpc) is 1.88. The Morgan fingerprint density at radius 1 is 1.80 bits per heavy atom. The van der Waals surface area contributed by atoms with Crippen molar-refractivity contribution in [1.82, 2.24) is 4.31 Å². The summed E-state index contributed by atoms with van der Waals surface area (Å²) in [5.41, 5.74) is 0. The van der Waals surface area contributed by atoms with Gasteiger partial charge < -0.3 is 5.11 Å². The van der Waals surface area contributed by atoms with Crippen molar-refractivity contribution in [2.45, 2.75) is 13.0 Å². The Kier molecular flexibility index (Phi) is 4.93. The van der Waals surface area contributed by atoms with E-state index in [1.807, 2.05) is 6.92 Å². The first-order valence-electron chi connectivity index (χ1n) is 2.92. The van der Waals surface area contributed by atoms with E-state index >= 15 is 0 Å². The summed E-state index contributed by atoms with van der Waals surface area (Å²) in [6.45, 7) is 2.44. The Labute approximate surface area is 71.4 Å². The molecule has 0 rings (SSSR count). The zero-order valence-corrected chi connectivity index (χ0v) is 7.48. The average molecular weight is 181 g/mol. The van der Waals surface area contributed by atoms with Crippen molar-refractivity contribution in [3.63, 3.8) is 0 Å². The fraction of sp³-hybridized carbons (Fsp3) is 0.800. The number of carbonyl (C=O) groups is 1. The normalized spacial score (nSPS) is 13.6. The van der Waals surface area contributed by atoms with Gasteiger partial charge in [-0.3, -0.25) is 4.79 Å². The third-order valence-electron chi connectivity index (χ3n) is 1.14. The zero-order chi connectivity index (χ0) is 8.15. The maximum Gasteiger partial charge on any atom is 0.322 e. The predicted octanol–water partition coefficient (Wildman–Crippen LogP) is 0.536. The standard InChI is InChI=1S/C5H11NO2S2/c1-2-6(10)4(3-9)5(7)8/h4,9-10H,2-3H2,1H3,(H,7,8)/t4-/m1/s1. The fourth-order valence-corrected chi connectivity index (χ4v) is 1.18. The van der Waals surface area contributed by atoms with Crippen LogP contribution in [0.1, 0.15) is 6.92 Å². The van der Waals surface area contributed by atoms with Crippen LogP contribution in [0.2, 0.25) is 0 Å². The van der Waals surface area contributed by atoms with Gasteiger partial charge in [-0.05, 0) is 0 Å². The molecular formula is C5H11NO2S2. The Morgan fingerprint density at radius 2 is 2.30 bits per heavy atom. The molecule has 10 heavy (non-hydrogen) atoms. The van der Waals surface area contributed by atoms with Crippen molar-refractivity contribution in [3.8, 4) is 0 Å². The fourth-order valence-electron chi connectivity index (χ4n) is 0.520. The van der Waals surface area contributed by atoms with Gasteiger partial charge in [-0.25, -0.2) is 4.31 Å². The summed E-state index contributed by atoms with van der Waals surface area (Å²) in [6, 6.07) is -0.586. The van der Waals surface area contributed by atoms with Crippen molar-refractivity contribution < 1.29 is 9.90 Å². The molecular weight excluding hydrogens is 170 g/mol.